The van der Waals surface area contributed by atoms with Crippen LogP contribution < -0.4 is 5.32 Å². The Hall–Kier alpha value is -1.79. The van der Waals surface area contributed by atoms with E-state index in [0.29, 0.717) is 5.02 Å². The second kappa shape index (κ2) is 6.32. The Morgan fingerprint density at radius 3 is 2.71 bits per heavy atom. The maximum atomic E-state index is 12.2. The van der Waals surface area contributed by atoms with Gasteiger partial charge < -0.3 is 20.4 Å². The number of nitrogens with one attached hydrogen (secondary N) is 1. The van der Waals surface area contributed by atoms with Crippen molar-refractivity contribution in [1.82, 2.24) is 10.2 Å². The highest BCUT2D eigenvalue weighted by atomic mass is 35.5. The molecule has 0 aliphatic carbocycles. The SMILES string of the molecule is CC(NC(=O)N1CC(O)C[C@H]1C(=O)O)c1ccccc1Cl. The van der Waals surface area contributed by atoms with Crippen molar-refractivity contribution in [2.75, 3.05) is 6.54 Å². The summed E-state index contributed by atoms with van der Waals surface area (Å²) in [6.45, 7) is 1.78. The molecular formula is C14H17ClN2O4. The zero-order chi connectivity index (χ0) is 15.6. The number of carbonyl (C=O) groups excluding carboxylic acids is 1. The van der Waals surface area contributed by atoms with Gasteiger partial charge in [0.2, 0.25) is 0 Å². The van der Waals surface area contributed by atoms with E-state index in [2.05, 4.69) is 5.32 Å². The van der Waals surface area contributed by atoms with E-state index in [1.165, 1.54) is 0 Å². The molecule has 0 aromatic heterocycles. The van der Waals surface area contributed by atoms with Crippen LogP contribution in [0.5, 0.6) is 0 Å². The van der Waals surface area contributed by atoms with Crippen LogP contribution in [0.25, 0.3) is 0 Å². The predicted octanol–water partition coefficient (Wildman–Crippen LogP) is 1.63. The minimum atomic E-state index is -1.12. The number of aliphatic hydroxyl groups is 1. The summed E-state index contributed by atoms with van der Waals surface area (Å²) < 4.78 is 0. The summed E-state index contributed by atoms with van der Waals surface area (Å²) in [4.78, 5) is 24.5. The predicted molar refractivity (Wildman–Crippen MR) is 77.2 cm³/mol. The molecule has 1 saturated heterocycles. The molecule has 21 heavy (non-hydrogen) atoms. The van der Waals surface area contributed by atoms with Gasteiger partial charge in [0, 0.05) is 18.0 Å². The first-order valence-electron chi connectivity index (χ1n) is 6.62. The van der Waals surface area contributed by atoms with Gasteiger partial charge in [0.25, 0.3) is 0 Å². The second-order valence-electron chi connectivity index (χ2n) is 5.09. The number of hydrogen-bond donors (Lipinski definition) is 3. The smallest absolute Gasteiger partial charge is 0.326 e. The van der Waals surface area contributed by atoms with Gasteiger partial charge >= 0.3 is 12.0 Å². The summed E-state index contributed by atoms with van der Waals surface area (Å²) in [5.41, 5.74) is 0.749. The second-order valence-corrected chi connectivity index (χ2v) is 5.50. The van der Waals surface area contributed by atoms with Gasteiger partial charge in [-0.1, -0.05) is 29.8 Å². The lowest BCUT2D eigenvalue weighted by Gasteiger charge is -2.24. The zero-order valence-corrected chi connectivity index (χ0v) is 12.2. The highest BCUT2D eigenvalue weighted by molar-refractivity contribution is 6.31. The van der Waals surface area contributed by atoms with E-state index < -0.39 is 24.1 Å². The third-order valence-electron chi connectivity index (χ3n) is 3.54. The molecule has 0 saturated carbocycles. The lowest BCUT2D eigenvalue weighted by atomic mass is 10.1. The number of benzene rings is 1. The van der Waals surface area contributed by atoms with Gasteiger partial charge in [-0.05, 0) is 18.6 Å². The first-order valence-corrected chi connectivity index (χ1v) is 7.00. The van der Waals surface area contributed by atoms with Crippen LogP contribution in [0.3, 0.4) is 0 Å². The van der Waals surface area contributed by atoms with Crippen molar-refractivity contribution in [2.24, 2.45) is 0 Å². The van der Waals surface area contributed by atoms with Crippen molar-refractivity contribution in [3.63, 3.8) is 0 Å². The van der Waals surface area contributed by atoms with E-state index in [0.717, 1.165) is 10.5 Å². The molecule has 3 atom stereocenters. The van der Waals surface area contributed by atoms with Crippen molar-refractivity contribution in [2.45, 2.75) is 31.5 Å². The summed E-state index contributed by atoms with van der Waals surface area (Å²) in [6, 6.07) is 5.23. The molecular weight excluding hydrogens is 296 g/mol. The average Bonchev–Trinajstić information content (AvgIpc) is 2.81. The number of aliphatic carboxylic acids is 1. The number of aliphatic hydroxyl groups excluding tert-OH is 1. The minimum Gasteiger partial charge on any atom is -0.480 e. The van der Waals surface area contributed by atoms with Crippen LogP contribution >= 0.6 is 11.6 Å². The highest BCUT2D eigenvalue weighted by Gasteiger charge is 2.39. The lowest BCUT2D eigenvalue weighted by molar-refractivity contribution is -0.141. The Morgan fingerprint density at radius 2 is 2.10 bits per heavy atom. The number of carboxylic acids is 1. The van der Waals surface area contributed by atoms with Crippen molar-refractivity contribution < 1.29 is 19.8 Å². The number of carbonyl (C=O) groups is 2. The van der Waals surface area contributed by atoms with Crippen LogP contribution in [0, 0.1) is 0 Å². The molecule has 2 amide bonds. The van der Waals surface area contributed by atoms with Crippen LogP contribution in [0.2, 0.25) is 5.02 Å². The zero-order valence-electron chi connectivity index (χ0n) is 11.5. The van der Waals surface area contributed by atoms with Gasteiger partial charge in [-0.25, -0.2) is 9.59 Å². The van der Waals surface area contributed by atoms with Gasteiger partial charge in [0.15, 0.2) is 0 Å². The van der Waals surface area contributed by atoms with Crippen molar-refractivity contribution in [3.05, 3.63) is 34.9 Å². The molecule has 1 heterocycles. The van der Waals surface area contributed by atoms with Gasteiger partial charge in [-0.2, -0.15) is 0 Å². The number of hydrogen-bond acceptors (Lipinski definition) is 3. The van der Waals surface area contributed by atoms with Gasteiger partial charge in [0.05, 0.1) is 12.1 Å². The van der Waals surface area contributed by atoms with Gasteiger partial charge in [-0.3, -0.25) is 0 Å². The van der Waals surface area contributed by atoms with Crippen molar-refractivity contribution in [1.29, 1.82) is 0 Å². The molecule has 1 aliphatic heterocycles. The molecule has 1 aromatic rings. The topological polar surface area (TPSA) is 89.9 Å². The van der Waals surface area contributed by atoms with E-state index >= 15 is 0 Å². The van der Waals surface area contributed by atoms with Crippen LogP contribution in [0.1, 0.15) is 24.9 Å². The minimum absolute atomic E-state index is 0.0119. The van der Waals surface area contributed by atoms with E-state index in [9.17, 15) is 14.7 Å². The third kappa shape index (κ3) is 3.46. The first-order chi connectivity index (χ1) is 9.90. The maximum absolute atomic E-state index is 12.2. The fourth-order valence-corrected chi connectivity index (χ4v) is 2.74. The Labute approximate surface area is 127 Å². The molecule has 0 radical (unpaired) electrons. The van der Waals surface area contributed by atoms with E-state index in [1.54, 1.807) is 25.1 Å². The Kier molecular flexibility index (Phi) is 4.69. The van der Waals surface area contributed by atoms with Crippen LogP contribution in [-0.4, -0.2) is 45.8 Å². The molecule has 0 spiro atoms. The highest BCUT2D eigenvalue weighted by Crippen LogP contribution is 2.24. The molecule has 1 fully saturated rings. The quantitative estimate of drug-likeness (QED) is 0.791. The molecule has 0 bridgehead atoms. The Bertz CT molecular complexity index is 552. The molecule has 1 aromatic carbocycles. The molecule has 3 N–H and O–H groups in total. The fraction of sp³-hybridized carbons (Fsp3) is 0.429. The van der Waals surface area contributed by atoms with E-state index in [-0.39, 0.29) is 19.0 Å². The van der Waals surface area contributed by atoms with Crippen molar-refractivity contribution in [3.8, 4) is 0 Å². The number of amides is 2. The summed E-state index contributed by atoms with van der Waals surface area (Å²) in [5, 5.41) is 21.9. The maximum Gasteiger partial charge on any atom is 0.326 e. The third-order valence-corrected chi connectivity index (χ3v) is 3.88. The van der Waals surface area contributed by atoms with Crippen LogP contribution in [0.15, 0.2) is 24.3 Å². The summed E-state index contributed by atoms with van der Waals surface area (Å²) in [5.74, 6) is -1.12. The summed E-state index contributed by atoms with van der Waals surface area (Å²) in [6.07, 6.45) is -0.768. The number of nitrogens with zero attached hydrogens (tertiary/aromatic N) is 1. The summed E-state index contributed by atoms with van der Waals surface area (Å²) in [7, 11) is 0. The monoisotopic (exact) mass is 312 g/mol. The Balaban J connectivity index is 2.07. The number of urea groups is 1. The van der Waals surface area contributed by atoms with Crippen LogP contribution in [-0.2, 0) is 4.79 Å². The van der Waals surface area contributed by atoms with E-state index in [1.807, 2.05) is 6.07 Å². The molecule has 2 unspecified atom stereocenters. The average molecular weight is 313 g/mol. The van der Waals surface area contributed by atoms with Crippen molar-refractivity contribution >= 4 is 23.6 Å². The number of rotatable bonds is 3. The molecule has 2 rings (SSSR count). The standard InChI is InChI=1S/C14H17ClN2O4/c1-8(10-4-2-3-5-11(10)15)16-14(21)17-7-9(18)6-12(17)13(19)20/h2-5,8-9,12,18H,6-7H2,1H3,(H,16,21)(H,19,20)/t8?,9?,12-/m0/s1. The number of β-amino-alcohol motifs (C(OH)–C–C–N with tert-alkyl or cyclic N) is 1. The normalized spacial score (nSPS) is 22.9. The Morgan fingerprint density at radius 1 is 1.43 bits per heavy atom. The molecule has 114 valence electrons. The number of halogens is 1. The van der Waals surface area contributed by atoms with E-state index in [4.69, 9.17) is 16.7 Å². The molecule has 1 aliphatic rings. The number of carboxylic acid groups (broad SMARTS) is 1. The number of likely N-dealkylation sites (tertiary alicyclic amines) is 1. The van der Waals surface area contributed by atoms with Crippen LogP contribution in [0.4, 0.5) is 4.79 Å². The van der Waals surface area contributed by atoms with Gasteiger partial charge in [-0.15, -0.1) is 0 Å². The lowest BCUT2D eigenvalue weighted by Crippen LogP contribution is -2.46. The first kappa shape index (κ1) is 15.6. The van der Waals surface area contributed by atoms with Gasteiger partial charge in [0.1, 0.15) is 6.04 Å². The summed E-state index contributed by atoms with van der Waals surface area (Å²) >= 11 is 6.07. The largest absolute Gasteiger partial charge is 0.480 e. The fourth-order valence-electron chi connectivity index (χ4n) is 2.44. The molecule has 7 heteroatoms. The molecule has 6 nitrogen and oxygen atoms in total.